The Balaban J connectivity index is 1.67. The van der Waals surface area contributed by atoms with Crippen LogP contribution in [-0.2, 0) is 14.4 Å². The lowest BCUT2D eigenvalue weighted by molar-refractivity contribution is -0.142. The number of carbonyl (C=O) groups is 3. The first kappa shape index (κ1) is 15.4. The third-order valence-corrected chi connectivity index (χ3v) is 4.36. The SMILES string of the molecule is Cc1ccc(NC(=O)CN2C(=O)C3CC=CCC3C2=O)cc1F. The molecule has 1 saturated heterocycles. The van der Waals surface area contributed by atoms with Crippen LogP contribution in [0.5, 0.6) is 0 Å². The van der Waals surface area contributed by atoms with Crippen LogP contribution in [0.2, 0.25) is 0 Å². The highest BCUT2D eigenvalue weighted by molar-refractivity contribution is 6.08. The summed E-state index contributed by atoms with van der Waals surface area (Å²) in [6, 6.07) is 4.34. The Hall–Kier alpha value is -2.50. The van der Waals surface area contributed by atoms with E-state index in [-0.39, 0.29) is 30.2 Å². The summed E-state index contributed by atoms with van der Waals surface area (Å²) in [7, 11) is 0. The number of rotatable bonds is 3. The second-order valence-corrected chi connectivity index (χ2v) is 5.93. The first-order valence-electron chi connectivity index (χ1n) is 7.53. The van der Waals surface area contributed by atoms with Gasteiger partial charge in [0, 0.05) is 5.69 Å². The topological polar surface area (TPSA) is 66.5 Å². The van der Waals surface area contributed by atoms with E-state index in [1.165, 1.54) is 6.07 Å². The zero-order valence-electron chi connectivity index (χ0n) is 12.7. The van der Waals surface area contributed by atoms with Crippen molar-refractivity contribution in [1.29, 1.82) is 0 Å². The average molecular weight is 316 g/mol. The second kappa shape index (κ2) is 5.95. The summed E-state index contributed by atoms with van der Waals surface area (Å²) in [5.41, 5.74) is 0.778. The van der Waals surface area contributed by atoms with Crippen molar-refractivity contribution in [2.75, 3.05) is 11.9 Å². The molecule has 0 bridgehead atoms. The van der Waals surface area contributed by atoms with Crippen molar-refractivity contribution in [2.45, 2.75) is 19.8 Å². The zero-order chi connectivity index (χ0) is 16.6. The van der Waals surface area contributed by atoms with E-state index in [0.717, 1.165) is 4.90 Å². The molecule has 1 aromatic rings. The van der Waals surface area contributed by atoms with E-state index in [0.29, 0.717) is 24.1 Å². The van der Waals surface area contributed by atoms with Gasteiger partial charge >= 0.3 is 0 Å². The Bertz CT molecular complexity index is 688. The number of allylic oxidation sites excluding steroid dienone is 2. The van der Waals surface area contributed by atoms with Crippen molar-refractivity contribution in [2.24, 2.45) is 11.8 Å². The van der Waals surface area contributed by atoms with E-state index in [2.05, 4.69) is 5.32 Å². The summed E-state index contributed by atoms with van der Waals surface area (Å²) >= 11 is 0. The van der Waals surface area contributed by atoms with Crippen LogP contribution in [0.15, 0.2) is 30.4 Å². The number of nitrogens with one attached hydrogen (secondary N) is 1. The van der Waals surface area contributed by atoms with Crippen LogP contribution in [0.25, 0.3) is 0 Å². The molecule has 1 heterocycles. The number of hydrogen-bond acceptors (Lipinski definition) is 3. The molecule has 3 rings (SSSR count). The van der Waals surface area contributed by atoms with Gasteiger partial charge in [0.05, 0.1) is 11.8 Å². The highest BCUT2D eigenvalue weighted by atomic mass is 19.1. The molecule has 1 aliphatic heterocycles. The van der Waals surface area contributed by atoms with Gasteiger partial charge in [-0.25, -0.2) is 4.39 Å². The number of carbonyl (C=O) groups excluding carboxylic acids is 3. The van der Waals surface area contributed by atoms with Gasteiger partial charge in [0.1, 0.15) is 12.4 Å². The van der Waals surface area contributed by atoms with E-state index in [9.17, 15) is 18.8 Å². The lowest BCUT2D eigenvalue weighted by Crippen LogP contribution is -2.38. The summed E-state index contributed by atoms with van der Waals surface area (Å²) in [5, 5.41) is 2.52. The molecule has 2 atom stereocenters. The first-order chi connectivity index (χ1) is 11.0. The molecular formula is C17H17FN2O3. The zero-order valence-corrected chi connectivity index (χ0v) is 12.7. The third kappa shape index (κ3) is 2.88. The molecule has 0 radical (unpaired) electrons. The number of anilines is 1. The van der Waals surface area contributed by atoms with Crippen LogP contribution in [0.4, 0.5) is 10.1 Å². The minimum Gasteiger partial charge on any atom is -0.324 e. The van der Waals surface area contributed by atoms with Crippen molar-refractivity contribution in [1.82, 2.24) is 4.90 Å². The maximum Gasteiger partial charge on any atom is 0.244 e. The molecule has 0 aromatic heterocycles. The van der Waals surface area contributed by atoms with Gasteiger partial charge in [0.15, 0.2) is 0 Å². The molecule has 2 unspecified atom stereocenters. The Labute approximate surface area is 133 Å². The second-order valence-electron chi connectivity index (χ2n) is 5.93. The van der Waals surface area contributed by atoms with Gasteiger partial charge in [-0.05, 0) is 37.5 Å². The number of hydrogen-bond donors (Lipinski definition) is 1. The molecule has 0 spiro atoms. The van der Waals surface area contributed by atoms with Crippen LogP contribution >= 0.6 is 0 Å². The number of nitrogens with zero attached hydrogens (tertiary/aromatic N) is 1. The molecule has 120 valence electrons. The van der Waals surface area contributed by atoms with E-state index in [1.54, 1.807) is 19.1 Å². The molecular weight excluding hydrogens is 299 g/mol. The number of halogens is 1. The van der Waals surface area contributed by atoms with E-state index >= 15 is 0 Å². The molecule has 2 aliphatic rings. The number of imide groups is 1. The Morgan fingerprint density at radius 1 is 1.22 bits per heavy atom. The molecule has 1 aliphatic carbocycles. The molecule has 0 saturated carbocycles. The minimum atomic E-state index is -0.512. The van der Waals surface area contributed by atoms with E-state index in [4.69, 9.17) is 0 Å². The van der Waals surface area contributed by atoms with Crippen LogP contribution in [0.1, 0.15) is 18.4 Å². The van der Waals surface area contributed by atoms with Gasteiger partial charge in [0.2, 0.25) is 17.7 Å². The van der Waals surface area contributed by atoms with Crippen molar-refractivity contribution in [3.8, 4) is 0 Å². The molecule has 1 N–H and O–H groups in total. The monoisotopic (exact) mass is 316 g/mol. The highest BCUT2D eigenvalue weighted by Gasteiger charge is 2.47. The van der Waals surface area contributed by atoms with Crippen LogP contribution in [0, 0.1) is 24.6 Å². The van der Waals surface area contributed by atoms with Crippen LogP contribution < -0.4 is 5.32 Å². The largest absolute Gasteiger partial charge is 0.324 e. The maximum absolute atomic E-state index is 13.5. The molecule has 1 aromatic carbocycles. The molecule has 1 fully saturated rings. The number of amides is 3. The highest BCUT2D eigenvalue weighted by Crippen LogP contribution is 2.34. The summed E-state index contributed by atoms with van der Waals surface area (Å²) < 4.78 is 13.5. The van der Waals surface area contributed by atoms with E-state index < -0.39 is 11.7 Å². The average Bonchev–Trinajstić information content (AvgIpc) is 2.76. The smallest absolute Gasteiger partial charge is 0.244 e. The van der Waals surface area contributed by atoms with Gasteiger partial charge < -0.3 is 5.32 Å². The lowest BCUT2D eigenvalue weighted by atomic mass is 9.85. The van der Waals surface area contributed by atoms with Crippen LogP contribution in [-0.4, -0.2) is 29.2 Å². The van der Waals surface area contributed by atoms with E-state index in [1.807, 2.05) is 12.2 Å². The van der Waals surface area contributed by atoms with Gasteiger partial charge in [-0.2, -0.15) is 0 Å². The summed E-state index contributed by atoms with van der Waals surface area (Å²) in [4.78, 5) is 37.6. The van der Waals surface area contributed by atoms with Gasteiger partial charge in [-0.15, -0.1) is 0 Å². The van der Waals surface area contributed by atoms with Gasteiger partial charge in [0.25, 0.3) is 0 Å². The normalized spacial score (nSPS) is 23.1. The maximum atomic E-state index is 13.5. The molecule has 6 heteroatoms. The third-order valence-electron chi connectivity index (χ3n) is 4.36. The Kier molecular flexibility index (Phi) is 3.98. The summed E-state index contributed by atoms with van der Waals surface area (Å²) in [6.45, 7) is 1.29. The fraction of sp³-hybridized carbons (Fsp3) is 0.353. The first-order valence-corrected chi connectivity index (χ1v) is 7.53. The van der Waals surface area contributed by atoms with Crippen molar-refractivity contribution in [3.63, 3.8) is 0 Å². The van der Waals surface area contributed by atoms with Crippen molar-refractivity contribution < 1.29 is 18.8 Å². The lowest BCUT2D eigenvalue weighted by Gasteiger charge is -2.14. The quantitative estimate of drug-likeness (QED) is 0.685. The molecule has 3 amide bonds. The Morgan fingerprint density at radius 3 is 2.39 bits per heavy atom. The summed E-state index contributed by atoms with van der Waals surface area (Å²) in [5.74, 6) is -2.23. The summed E-state index contributed by atoms with van der Waals surface area (Å²) in [6.07, 6.45) is 4.86. The number of likely N-dealkylation sites (tertiary alicyclic amines) is 1. The number of fused-ring (bicyclic) bond motifs is 1. The van der Waals surface area contributed by atoms with Gasteiger partial charge in [-0.1, -0.05) is 18.2 Å². The molecule has 5 nitrogen and oxygen atoms in total. The van der Waals surface area contributed by atoms with Crippen molar-refractivity contribution in [3.05, 3.63) is 41.7 Å². The number of aryl methyl sites for hydroxylation is 1. The predicted molar refractivity (Wildman–Crippen MR) is 81.8 cm³/mol. The fourth-order valence-corrected chi connectivity index (χ4v) is 3.04. The van der Waals surface area contributed by atoms with Crippen LogP contribution in [0.3, 0.4) is 0 Å². The predicted octanol–water partition coefficient (Wildman–Crippen LogP) is 2.02. The standard InChI is InChI=1S/C17H17FN2O3/c1-10-6-7-11(8-14(10)18)19-15(21)9-20-16(22)12-4-2-3-5-13(12)17(20)23/h2-3,6-8,12-13H,4-5,9H2,1H3,(H,19,21). The van der Waals surface area contributed by atoms with Crippen molar-refractivity contribution >= 4 is 23.4 Å². The molecule has 23 heavy (non-hydrogen) atoms. The Morgan fingerprint density at radius 2 is 1.83 bits per heavy atom. The number of benzene rings is 1. The fourth-order valence-electron chi connectivity index (χ4n) is 3.04. The minimum absolute atomic E-state index is 0.297. The van der Waals surface area contributed by atoms with Gasteiger partial charge in [-0.3, -0.25) is 19.3 Å².